The second kappa shape index (κ2) is 3.61. The number of hydrogen-bond donors (Lipinski definition) is 1. The van der Waals surface area contributed by atoms with Gasteiger partial charge in [0.2, 0.25) is 5.82 Å². The fourth-order valence-electron chi connectivity index (χ4n) is 1.22. The Morgan fingerprint density at radius 1 is 1.27 bits per heavy atom. The lowest BCUT2D eigenvalue weighted by atomic mass is 10.1. The summed E-state index contributed by atoms with van der Waals surface area (Å²) >= 11 is 0. The van der Waals surface area contributed by atoms with Crippen molar-refractivity contribution in [2.24, 2.45) is 0 Å². The third-order valence-electron chi connectivity index (χ3n) is 1.89. The Bertz CT molecular complexity index is 551. The molecule has 1 N–H and O–H groups in total. The van der Waals surface area contributed by atoms with Crippen LogP contribution in [0.5, 0.6) is 0 Å². The van der Waals surface area contributed by atoms with Crippen molar-refractivity contribution in [2.45, 2.75) is 0 Å². The summed E-state index contributed by atoms with van der Waals surface area (Å²) in [6, 6.07) is 5.25. The maximum absolute atomic E-state index is 13.3. The summed E-state index contributed by atoms with van der Waals surface area (Å²) in [4.78, 5) is 16.7. The monoisotopic (exact) mass is 208 g/mol. The minimum Gasteiger partial charge on any atom is -0.311 e. The summed E-state index contributed by atoms with van der Waals surface area (Å²) in [6.45, 7) is 0. The molecule has 0 radical (unpaired) electrons. The van der Waals surface area contributed by atoms with Gasteiger partial charge in [-0.1, -0.05) is 12.1 Å². The van der Waals surface area contributed by atoms with Gasteiger partial charge in [0, 0.05) is 5.56 Å². The summed E-state index contributed by atoms with van der Waals surface area (Å²) in [5.41, 5.74) is -0.791. The van der Waals surface area contributed by atoms with Gasteiger partial charge >= 0.3 is 0 Å². The van der Waals surface area contributed by atoms with E-state index in [0.29, 0.717) is 0 Å². The van der Waals surface area contributed by atoms with E-state index in [-0.39, 0.29) is 11.3 Å². The molecule has 0 saturated heterocycles. The maximum Gasteiger partial charge on any atom is 0.287 e. The van der Waals surface area contributed by atoms with Crippen LogP contribution in [-0.4, -0.2) is 9.97 Å². The van der Waals surface area contributed by atoms with Crippen molar-refractivity contribution < 1.29 is 8.78 Å². The highest BCUT2D eigenvalue weighted by molar-refractivity contribution is 5.58. The summed E-state index contributed by atoms with van der Waals surface area (Å²) in [5, 5.41) is 0. The van der Waals surface area contributed by atoms with E-state index in [9.17, 15) is 13.6 Å². The predicted molar refractivity (Wildman–Crippen MR) is 50.2 cm³/mol. The highest BCUT2D eigenvalue weighted by Gasteiger charge is 2.10. The SMILES string of the molecule is O=c1[nH]cnc(-c2cccc(F)c2)c1F. The first-order chi connectivity index (χ1) is 7.18. The number of hydrogen-bond acceptors (Lipinski definition) is 2. The van der Waals surface area contributed by atoms with Crippen LogP contribution in [0.3, 0.4) is 0 Å². The molecule has 2 rings (SSSR count). The van der Waals surface area contributed by atoms with Gasteiger partial charge in [-0.05, 0) is 12.1 Å². The van der Waals surface area contributed by atoms with Gasteiger partial charge in [0.05, 0.1) is 6.33 Å². The van der Waals surface area contributed by atoms with E-state index >= 15 is 0 Å². The molecule has 15 heavy (non-hydrogen) atoms. The van der Waals surface area contributed by atoms with E-state index in [2.05, 4.69) is 9.97 Å². The average Bonchev–Trinajstić information content (AvgIpc) is 2.22. The molecule has 76 valence electrons. The van der Waals surface area contributed by atoms with Gasteiger partial charge in [-0.2, -0.15) is 4.39 Å². The minimum absolute atomic E-state index is 0.154. The Hall–Kier alpha value is -2.04. The summed E-state index contributed by atoms with van der Waals surface area (Å²) in [7, 11) is 0. The molecule has 1 aromatic carbocycles. The molecule has 1 heterocycles. The molecule has 0 saturated carbocycles. The third-order valence-corrected chi connectivity index (χ3v) is 1.89. The Morgan fingerprint density at radius 3 is 2.80 bits per heavy atom. The molecule has 0 aliphatic carbocycles. The van der Waals surface area contributed by atoms with Crippen LogP contribution in [0.15, 0.2) is 35.4 Å². The van der Waals surface area contributed by atoms with E-state index in [0.717, 1.165) is 12.4 Å². The summed E-state index contributed by atoms with van der Waals surface area (Å²) < 4.78 is 26.1. The fourth-order valence-corrected chi connectivity index (χ4v) is 1.22. The molecule has 0 fully saturated rings. The standard InChI is InChI=1S/C10H6F2N2O/c11-7-3-1-2-6(4-7)9-8(12)10(15)14-5-13-9/h1-5H,(H,13,14,15). The number of benzene rings is 1. The molecule has 0 aliphatic heterocycles. The highest BCUT2D eigenvalue weighted by Crippen LogP contribution is 2.18. The smallest absolute Gasteiger partial charge is 0.287 e. The van der Waals surface area contributed by atoms with Gasteiger partial charge < -0.3 is 4.98 Å². The molecule has 2 aromatic rings. The van der Waals surface area contributed by atoms with Crippen LogP contribution in [0, 0.1) is 11.6 Å². The van der Waals surface area contributed by atoms with E-state index in [4.69, 9.17) is 0 Å². The summed E-state index contributed by atoms with van der Waals surface area (Å²) in [5.74, 6) is -1.52. The van der Waals surface area contributed by atoms with E-state index in [1.54, 1.807) is 0 Å². The van der Waals surface area contributed by atoms with Crippen LogP contribution in [-0.2, 0) is 0 Å². The van der Waals surface area contributed by atoms with Crippen LogP contribution in [0.2, 0.25) is 0 Å². The molecule has 0 unspecified atom stereocenters. The largest absolute Gasteiger partial charge is 0.311 e. The van der Waals surface area contributed by atoms with E-state index in [1.807, 2.05) is 0 Å². The van der Waals surface area contributed by atoms with Crippen molar-refractivity contribution in [3.63, 3.8) is 0 Å². The number of halogens is 2. The molecular weight excluding hydrogens is 202 g/mol. The van der Waals surface area contributed by atoms with Crippen LogP contribution < -0.4 is 5.56 Å². The fraction of sp³-hybridized carbons (Fsp3) is 0. The van der Waals surface area contributed by atoms with Crippen LogP contribution >= 0.6 is 0 Å². The van der Waals surface area contributed by atoms with Crippen molar-refractivity contribution >= 4 is 0 Å². The number of rotatable bonds is 1. The van der Waals surface area contributed by atoms with Gasteiger partial charge in [0.15, 0.2) is 0 Å². The minimum atomic E-state index is -1.01. The van der Waals surface area contributed by atoms with Crippen molar-refractivity contribution in [3.05, 3.63) is 52.6 Å². The molecule has 1 aromatic heterocycles. The predicted octanol–water partition coefficient (Wildman–Crippen LogP) is 1.72. The second-order valence-electron chi connectivity index (χ2n) is 2.90. The van der Waals surface area contributed by atoms with Crippen molar-refractivity contribution in [2.75, 3.05) is 0 Å². The molecule has 0 atom stereocenters. The first-order valence-electron chi connectivity index (χ1n) is 4.17. The van der Waals surface area contributed by atoms with Gasteiger partial charge in [-0.3, -0.25) is 4.79 Å². The number of nitrogens with zero attached hydrogens (tertiary/aromatic N) is 1. The first-order valence-corrected chi connectivity index (χ1v) is 4.17. The highest BCUT2D eigenvalue weighted by atomic mass is 19.1. The molecule has 0 aliphatic rings. The van der Waals surface area contributed by atoms with Crippen LogP contribution in [0.4, 0.5) is 8.78 Å². The Balaban J connectivity index is 2.64. The van der Waals surface area contributed by atoms with Crippen molar-refractivity contribution in [1.29, 1.82) is 0 Å². The number of H-pyrrole nitrogens is 1. The molecule has 5 heteroatoms. The lowest BCUT2D eigenvalue weighted by molar-refractivity contribution is 0.603. The zero-order valence-corrected chi connectivity index (χ0v) is 7.50. The lowest BCUT2D eigenvalue weighted by Crippen LogP contribution is -2.12. The van der Waals surface area contributed by atoms with Gasteiger partial charge in [-0.15, -0.1) is 0 Å². The Kier molecular flexibility index (Phi) is 2.29. The number of aromatic amines is 1. The zero-order valence-electron chi connectivity index (χ0n) is 7.50. The van der Waals surface area contributed by atoms with Crippen LogP contribution in [0.25, 0.3) is 11.3 Å². The molecule has 0 spiro atoms. The topological polar surface area (TPSA) is 45.8 Å². The second-order valence-corrected chi connectivity index (χ2v) is 2.90. The van der Waals surface area contributed by atoms with E-state index < -0.39 is 17.2 Å². The molecule has 0 bridgehead atoms. The Morgan fingerprint density at radius 2 is 2.07 bits per heavy atom. The average molecular weight is 208 g/mol. The summed E-state index contributed by atoms with van der Waals surface area (Å²) in [6.07, 6.45) is 1.08. The molecular formula is C10H6F2N2O. The van der Waals surface area contributed by atoms with Crippen molar-refractivity contribution in [3.8, 4) is 11.3 Å². The van der Waals surface area contributed by atoms with Gasteiger partial charge in [-0.25, -0.2) is 9.37 Å². The number of aromatic nitrogens is 2. The quantitative estimate of drug-likeness (QED) is 0.775. The van der Waals surface area contributed by atoms with E-state index in [1.165, 1.54) is 18.2 Å². The van der Waals surface area contributed by atoms with Gasteiger partial charge in [0.1, 0.15) is 11.5 Å². The first kappa shape index (κ1) is 9.51. The lowest BCUT2D eigenvalue weighted by Gasteiger charge is -2.00. The normalized spacial score (nSPS) is 10.3. The van der Waals surface area contributed by atoms with Crippen LogP contribution in [0.1, 0.15) is 0 Å². The third kappa shape index (κ3) is 1.76. The zero-order chi connectivity index (χ0) is 10.8. The van der Waals surface area contributed by atoms with Gasteiger partial charge in [0.25, 0.3) is 5.56 Å². The Labute approximate surface area is 83.4 Å². The molecule has 0 amide bonds. The molecule has 3 nitrogen and oxygen atoms in total. The number of nitrogens with one attached hydrogen (secondary N) is 1. The maximum atomic E-state index is 13.3. The van der Waals surface area contributed by atoms with Crippen molar-refractivity contribution in [1.82, 2.24) is 9.97 Å².